The van der Waals surface area contributed by atoms with Crippen LogP contribution in [0.2, 0.25) is 0 Å². The Kier molecular flexibility index (Phi) is 5.48. The summed E-state index contributed by atoms with van der Waals surface area (Å²) in [4.78, 5) is 24.5. The maximum Gasteiger partial charge on any atom is 0.327 e. The van der Waals surface area contributed by atoms with Gasteiger partial charge in [0.1, 0.15) is 6.04 Å². The molecule has 0 saturated carbocycles. The number of carbonyl (C=O) groups is 2. The molecule has 0 aromatic rings. The molecule has 1 saturated heterocycles. The summed E-state index contributed by atoms with van der Waals surface area (Å²) in [7, 11) is 0. The van der Waals surface area contributed by atoms with E-state index in [2.05, 4.69) is 0 Å². The predicted octanol–water partition coefficient (Wildman–Crippen LogP) is 1.50. The standard InChI is InChI=1S/C10H17NO3S2/c1-3-4-9-11(8(12)6-15-2)7(5-16-9)10(13)14/h7,9H,3-6H2,1-2H3,(H,13,14). The van der Waals surface area contributed by atoms with E-state index in [1.165, 1.54) is 11.8 Å². The third-order valence-electron chi connectivity index (χ3n) is 2.47. The molecule has 16 heavy (non-hydrogen) atoms. The van der Waals surface area contributed by atoms with Crippen LogP contribution >= 0.6 is 23.5 Å². The van der Waals surface area contributed by atoms with Crippen molar-refractivity contribution in [3.63, 3.8) is 0 Å². The van der Waals surface area contributed by atoms with Crippen molar-refractivity contribution in [1.29, 1.82) is 0 Å². The van der Waals surface area contributed by atoms with E-state index in [0.29, 0.717) is 11.5 Å². The van der Waals surface area contributed by atoms with Gasteiger partial charge in [-0.15, -0.1) is 11.8 Å². The number of rotatable bonds is 5. The van der Waals surface area contributed by atoms with E-state index in [9.17, 15) is 9.59 Å². The molecule has 0 aromatic heterocycles. The van der Waals surface area contributed by atoms with Crippen molar-refractivity contribution >= 4 is 35.4 Å². The fourth-order valence-electron chi connectivity index (χ4n) is 1.76. The first-order valence-corrected chi connectivity index (χ1v) is 7.70. The SMILES string of the molecule is CCCC1SCC(C(=O)O)N1C(=O)CSC. The van der Waals surface area contributed by atoms with Crippen molar-refractivity contribution in [2.45, 2.75) is 31.2 Å². The Hall–Kier alpha value is -0.360. The van der Waals surface area contributed by atoms with Crippen LogP contribution in [0, 0.1) is 0 Å². The molecule has 4 nitrogen and oxygen atoms in total. The smallest absolute Gasteiger partial charge is 0.327 e. The maximum absolute atomic E-state index is 11.9. The Balaban J connectivity index is 2.75. The van der Waals surface area contributed by atoms with Crippen molar-refractivity contribution in [3.05, 3.63) is 0 Å². The first-order valence-electron chi connectivity index (χ1n) is 5.26. The lowest BCUT2D eigenvalue weighted by molar-refractivity contribution is -0.148. The Morgan fingerprint density at radius 2 is 2.25 bits per heavy atom. The number of carboxylic acid groups (broad SMARTS) is 1. The van der Waals surface area contributed by atoms with E-state index in [1.54, 1.807) is 16.7 Å². The van der Waals surface area contributed by atoms with Crippen LogP contribution in [0.1, 0.15) is 19.8 Å². The number of carboxylic acids is 1. The molecule has 1 aliphatic rings. The first-order chi connectivity index (χ1) is 7.61. The summed E-state index contributed by atoms with van der Waals surface area (Å²) in [5.41, 5.74) is 0. The zero-order valence-electron chi connectivity index (χ0n) is 9.51. The van der Waals surface area contributed by atoms with Gasteiger partial charge in [0.15, 0.2) is 0 Å². The number of carbonyl (C=O) groups excluding carboxylic acids is 1. The van der Waals surface area contributed by atoms with Crippen molar-refractivity contribution < 1.29 is 14.7 Å². The number of aliphatic carboxylic acids is 1. The molecule has 92 valence electrons. The second-order valence-corrected chi connectivity index (χ2v) is 5.74. The Morgan fingerprint density at radius 3 is 2.75 bits per heavy atom. The quantitative estimate of drug-likeness (QED) is 0.814. The van der Waals surface area contributed by atoms with Crippen molar-refractivity contribution in [2.75, 3.05) is 17.8 Å². The molecule has 1 heterocycles. The van der Waals surface area contributed by atoms with E-state index in [4.69, 9.17) is 5.11 Å². The fraction of sp³-hybridized carbons (Fsp3) is 0.800. The van der Waals surface area contributed by atoms with E-state index < -0.39 is 12.0 Å². The van der Waals surface area contributed by atoms with Gasteiger partial charge in [0.2, 0.25) is 5.91 Å². The van der Waals surface area contributed by atoms with E-state index in [-0.39, 0.29) is 11.3 Å². The summed E-state index contributed by atoms with van der Waals surface area (Å²) >= 11 is 3.02. The van der Waals surface area contributed by atoms with E-state index in [1.807, 2.05) is 13.2 Å². The summed E-state index contributed by atoms with van der Waals surface area (Å²) in [6.07, 6.45) is 3.69. The average Bonchev–Trinajstić information content (AvgIpc) is 2.62. The van der Waals surface area contributed by atoms with Gasteiger partial charge >= 0.3 is 5.97 Å². The maximum atomic E-state index is 11.9. The topological polar surface area (TPSA) is 57.6 Å². The second kappa shape index (κ2) is 6.39. The summed E-state index contributed by atoms with van der Waals surface area (Å²) in [6.45, 7) is 2.05. The molecule has 0 spiro atoms. The highest BCUT2D eigenvalue weighted by molar-refractivity contribution is 8.00. The number of nitrogens with zero attached hydrogens (tertiary/aromatic N) is 1. The Morgan fingerprint density at radius 1 is 1.56 bits per heavy atom. The van der Waals surface area contributed by atoms with E-state index in [0.717, 1.165) is 12.8 Å². The molecule has 0 aliphatic carbocycles. The van der Waals surface area contributed by atoms with Crippen LogP contribution in [-0.2, 0) is 9.59 Å². The highest BCUT2D eigenvalue weighted by Crippen LogP contribution is 2.32. The van der Waals surface area contributed by atoms with Gasteiger partial charge in [0, 0.05) is 5.75 Å². The van der Waals surface area contributed by atoms with Crippen molar-refractivity contribution in [2.24, 2.45) is 0 Å². The van der Waals surface area contributed by atoms with Crippen LogP contribution in [0.3, 0.4) is 0 Å². The summed E-state index contributed by atoms with van der Waals surface area (Å²) in [5, 5.41) is 9.12. The average molecular weight is 263 g/mol. The van der Waals surface area contributed by atoms with Gasteiger partial charge in [0.05, 0.1) is 11.1 Å². The van der Waals surface area contributed by atoms with Gasteiger partial charge in [-0.3, -0.25) is 4.79 Å². The van der Waals surface area contributed by atoms with Gasteiger partial charge in [-0.1, -0.05) is 13.3 Å². The molecule has 2 atom stereocenters. The zero-order chi connectivity index (χ0) is 12.1. The number of hydrogen-bond donors (Lipinski definition) is 1. The van der Waals surface area contributed by atoms with Crippen molar-refractivity contribution in [3.8, 4) is 0 Å². The van der Waals surface area contributed by atoms with Gasteiger partial charge in [0.25, 0.3) is 0 Å². The van der Waals surface area contributed by atoms with Crippen LogP contribution < -0.4 is 0 Å². The summed E-state index contributed by atoms with van der Waals surface area (Å²) in [6, 6.07) is -0.638. The molecule has 1 amide bonds. The zero-order valence-corrected chi connectivity index (χ0v) is 11.1. The molecule has 0 aromatic carbocycles. The highest BCUT2D eigenvalue weighted by atomic mass is 32.2. The molecular formula is C10H17NO3S2. The minimum Gasteiger partial charge on any atom is -0.480 e. The van der Waals surface area contributed by atoms with Gasteiger partial charge in [-0.05, 0) is 12.7 Å². The number of hydrogen-bond acceptors (Lipinski definition) is 4. The Labute approximate surface area is 104 Å². The fourth-order valence-corrected chi connectivity index (χ4v) is 3.69. The monoisotopic (exact) mass is 263 g/mol. The van der Waals surface area contributed by atoms with Crippen LogP contribution in [0.5, 0.6) is 0 Å². The number of thioether (sulfide) groups is 2. The molecule has 1 aliphatic heterocycles. The minimum absolute atomic E-state index is 0.0470. The molecule has 2 unspecified atom stereocenters. The lowest BCUT2D eigenvalue weighted by Crippen LogP contribution is -2.46. The first kappa shape index (κ1) is 13.7. The number of amides is 1. The van der Waals surface area contributed by atoms with Gasteiger partial charge in [-0.25, -0.2) is 4.79 Å². The third kappa shape index (κ3) is 3.07. The predicted molar refractivity (Wildman–Crippen MR) is 67.8 cm³/mol. The Bertz CT molecular complexity index is 273. The van der Waals surface area contributed by atoms with Gasteiger partial charge in [-0.2, -0.15) is 11.8 Å². The molecule has 6 heteroatoms. The van der Waals surface area contributed by atoms with Gasteiger partial charge < -0.3 is 10.0 Å². The minimum atomic E-state index is -0.888. The van der Waals surface area contributed by atoms with Crippen LogP contribution in [0.15, 0.2) is 0 Å². The van der Waals surface area contributed by atoms with Crippen molar-refractivity contribution in [1.82, 2.24) is 4.90 Å². The second-order valence-electron chi connectivity index (χ2n) is 3.66. The molecule has 1 fully saturated rings. The van der Waals surface area contributed by atoms with Crippen LogP contribution in [-0.4, -0.2) is 51.1 Å². The third-order valence-corrected chi connectivity index (χ3v) is 4.36. The van der Waals surface area contributed by atoms with E-state index >= 15 is 0 Å². The highest BCUT2D eigenvalue weighted by Gasteiger charge is 2.40. The summed E-state index contributed by atoms with van der Waals surface area (Å²) < 4.78 is 0. The lowest BCUT2D eigenvalue weighted by atomic mass is 10.2. The largest absolute Gasteiger partial charge is 0.480 e. The molecular weight excluding hydrogens is 246 g/mol. The lowest BCUT2D eigenvalue weighted by Gasteiger charge is -2.26. The molecule has 0 bridgehead atoms. The molecule has 1 N–H and O–H groups in total. The molecule has 0 radical (unpaired) electrons. The summed E-state index contributed by atoms with van der Waals surface area (Å²) in [5.74, 6) is -0.0612. The van der Waals surface area contributed by atoms with Crippen LogP contribution in [0.4, 0.5) is 0 Å². The van der Waals surface area contributed by atoms with Crippen LogP contribution in [0.25, 0.3) is 0 Å². The normalized spacial score (nSPS) is 24.8. The molecule has 1 rings (SSSR count).